The molecule has 0 aliphatic carbocycles. The summed E-state index contributed by atoms with van der Waals surface area (Å²) < 4.78 is 13.6. The molecule has 0 radical (unpaired) electrons. The van der Waals surface area contributed by atoms with E-state index in [-0.39, 0.29) is 0 Å². The molecule has 98 valence electrons. The predicted octanol–water partition coefficient (Wildman–Crippen LogP) is 3.22. The number of nitro benzene ring substituents is 1. The summed E-state index contributed by atoms with van der Waals surface area (Å²) in [5.74, 6) is 0.177. The standard InChI is InChI=1S/C13H17FN2O2/c1-9-6-10(2)8-15(7-9)12-5-3-4-11(14)13(12)16(17)18/h3-5,9-10H,6-8H2,1-2H3. The summed E-state index contributed by atoms with van der Waals surface area (Å²) in [6.07, 6.45) is 1.11. The van der Waals surface area contributed by atoms with Gasteiger partial charge in [-0.3, -0.25) is 10.1 Å². The van der Waals surface area contributed by atoms with Crippen LogP contribution in [0.2, 0.25) is 0 Å². The smallest absolute Gasteiger partial charge is 0.327 e. The summed E-state index contributed by atoms with van der Waals surface area (Å²) >= 11 is 0. The third-order valence-electron chi connectivity index (χ3n) is 3.36. The molecule has 0 amide bonds. The fraction of sp³-hybridized carbons (Fsp3) is 0.538. The molecule has 0 N–H and O–H groups in total. The molecule has 4 nitrogen and oxygen atoms in total. The number of hydrogen-bond acceptors (Lipinski definition) is 3. The SMILES string of the molecule is CC1CC(C)CN(c2cccc(F)c2[N+](=O)[O-])C1. The fourth-order valence-corrected chi connectivity index (χ4v) is 2.80. The largest absolute Gasteiger partial charge is 0.365 e. The second-order valence-corrected chi connectivity index (χ2v) is 5.22. The number of halogens is 1. The summed E-state index contributed by atoms with van der Waals surface area (Å²) in [5, 5.41) is 11.0. The molecule has 0 spiro atoms. The van der Waals surface area contributed by atoms with E-state index >= 15 is 0 Å². The lowest BCUT2D eigenvalue weighted by Crippen LogP contribution is -2.39. The highest BCUT2D eigenvalue weighted by Gasteiger charge is 2.29. The van der Waals surface area contributed by atoms with Gasteiger partial charge in [-0.25, -0.2) is 0 Å². The first-order valence-corrected chi connectivity index (χ1v) is 6.17. The number of para-hydroxylation sites is 1. The minimum atomic E-state index is -0.761. The Morgan fingerprint density at radius 2 is 1.94 bits per heavy atom. The van der Waals surface area contributed by atoms with Gasteiger partial charge in [-0.2, -0.15) is 4.39 Å². The minimum absolute atomic E-state index is 0.401. The summed E-state index contributed by atoms with van der Waals surface area (Å²) in [7, 11) is 0. The molecule has 0 aromatic heterocycles. The average molecular weight is 252 g/mol. The normalized spacial score (nSPS) is 24.1. The predicted molar refractivity (Wildman–Crippen MR) is 68.2 cm³/mol. The van der Waals surface area contributed by atoms with Gasteiger partial charge in [0.05, 0.1) is 4.92 Å². The summed E-state index contributed by atoms with van der Waals surface area (Å²) in [5.41, 5.74) is -0.00259. The fourth-order valence-electron chi connectivity index (χ4n) is 2.80. The average Bonchev–Trinajstić information content (AvgIpc) is 2.26. The molecule has 2 unspecified atom stereocenters. The van der Waals surface area contributed by atoms with Gasteiger partial charge in [-0.05, 0) is 30.4 Å². The van der Waals surface area contributed by atoms with E-state index in [1.807, 2.05) is 4.90 Å². The number of benzene rings is 1. The van der Waals surface area contributed by atoms with Crippen LogP contribution in [0.15, 0.2) is 18.2 Å². The van der Waals surface area contributed by atoms with Gasteiger partial charge in [0.2, 0.25) is 5.82 Å². The second kappa shape index (κ2) is 4.92. The molecule has 1 fully saturated rings. The van der Waals surface area contributed by atoms with Gasteiger partial charge in [-0.1, -0.05) is 19.9 Å². The Bertz CT molecular complexity index is 454. The highest BCUT2D eigenvalue weighted by molar-refractivity contribution is 5.64. The summed E-state index contributed by atoms with van der Waals surface area (Å²) in [4.78, 5) is 12.3. The van der Waals surface area contributed by atoms with Gasteiger partial charge < -0.3 is 4.90 Å². The number of nitrogens with zero attached hydrogens (tertiary/aromatic N) is 2. The molecule has 0 saturated carbocycles. The molecule has 18 heavy (non-hydrogen) atoms. The van der Waals surface area contributed by atoms with Gasteiger partial charge in [0, 0.05) is 13.1 Å². The molecule has 1 heterocycles. The highest BCUT2D eigenvalue weighted by Crippen LogP contribution is 2.34. The zero-order valence-corrected chi connectivity index (χ0v) is 10.6. The molecule has 1 saturated heterocycles. The van der Waals surface area contributed by atoms with Gasteiger partial charge >= 0.3 is 5.69 Å². The summed E-state index contributed by atoms with van der Waals surface area (Å²) in [6, 6.07) is 4.30. The van der Waals surface area contributed by atoms with Crippen LogP contribution in [0.5, 0.6) is 0 Å². The van der Waals surface area contributed by atoms with Crippen molar-refractivity contribution in [1.29, 1.82) is 0 Å². The topological polar surface area (TPSA) is 46.4 Å². The molecule has 1 aliphatic rings. The van der Waals surface area contributed by atoms with Crippen molar-refractivity contribution < 1.29 is 9.31 Å². The molecular weight excluding hydrogens is 235 g/mol. The lowest BCUT2D eigenvalue weighted by molar-refractivity contribution is -0.386. The van der Waals surface area contributed by atoms with E-state index in [9.17, 15) is 14.5 Å². The maximum atomic E-state index is 13.6. The molecular formula is C13H17FN2O2. The number of piperidine rings is 1. The van der Waals surface area contributed by atoms with Crippen molar-refractivity contribution in [2.45, 2.75) is 20.3 Å². The molecule has 5 heteroatoms. The molecule has 2 atom stereocenters. The van der Waals surface area contributed by atoms with E-state index in [0.29, 0.717) is 17.5 Å². The van der Waals surface area contributed by atoms with E-state index < -0.39 is 16.4 Å². The third kappa shape index (κ3) is 2.44. The van der Waals surface area contributed by atoms with E-state index in [4.69, 9.17) is 0 Å². The van der Waals surface area contributed by atoms with Crippen LogP contribution < -0.4 is 4.90 Å². The second-order valence-electron chi connectivity index (χ2n) is 5.22. The van der Waals surface area contributed by atoms with Crippen molar-refractivity contribution in [3.05, 3.63) is 34.1 Å². The number of hydrogen-bond donors (Lipinski definition) is 0. The first-order valence-electron chi connectivity index (χ1n) is 6.17. The van der Waals surface area contributed by atoms with E-state index in [2.05, 4.69) is 13.8 Å². The Morgan fingerprint density at radius 1 is 1.33 bits per heavy atom. The lowest BCUT2D eigenvalue weighted by Gasteiger charge is -2.36. The van der Waals surface area contributed by atoms with Gasteiger partial charge in [0.15, 0.2) is 0 Å². The van der Waals surface area contributed by atoms with E-state index in [0.717, 1.165) is 25.6 Å². The molecule has 2 rings (SSSR count). The lowest BCUT2D eigenvalue weighted by atomic mass is 9.91. The van der Waals surface area contributed by atoms with Crippen molar-refractivity contribution in [3.63, 3.8) is 0 Å². The first-order chi connectivity index (χ1) is 8.49. The summed E-state index contributed by atoms with van der Waals surface area (Å²) in [6.45, 7) is 5.73. The van der Waals surface area contributed by atoms with Crippen LogP contribution in [0.3, 0.4) is 0 Å². The first kappa shape index (κ1) is 12.8. The zero-order chi connectivity index (χ0) is 13.3. The highest BCUT2D eigenvalue weighted by atomic mass is 19.1. The molecule has 1 aromatic rings. The Morgan fingerprint density at radius 3 is 2.50 bits per heavy atom. The minimum Gasteiger partial charge on any atom is -0.365 e. The van der Waals surface area contributed by atoms with Crippen molar-refractivity contribution in [2.24, 2.45) is 11.8 Å². The van der Waals surface area contributed by atoms with E-state index in [1.165, 1.54) is 6.07 Å². The van der Waals surface area contributed by atoms with E-state index in [1.54, 1.807) is 6.07 Å². The van der Waals surface area contributed by atoms with Gasteiger partial charge in [0.25, 0.3) is 0 Å². The molecule has 1 aliphatic heterocycles. The third-order valence-corrected chi connectivity index (χ3v) is 3.36. The van der Waals surface area contributed by atoms with Gasteiger partial charge in [-0.15, -0.1) is 0 Å². The van der Waals surface area contributed by atoms with Crippen molar-refractivity contribution >= 4 is 11.4 Å². The Balaban J connectivity index is 2.38. The Hall–Kier alpha value is -1.65. The molecule has 0 bridgehead atoms. The van der Waals surface area contributed by atoms with Crippen LogP contribution >= 0.6 is 0 Å². The maximum absolute atomic E-state index is 13.6. The zero-order valence-electron chi connectivity index (χ0n) is 10.6. The van der Waals surface area contributed by atoms with Crippen molar-refractivity contribution in [2.75, 3.05) is 18.0 Å². The Kier molecular flexibility index (Phi) is 3.50. The van der Waals surface area contributed by atoms with Crippen LogP contribution in [0.1, 0.15) is 20.3 Å². The number of rotatable bonds is 2. The molecule has 1 aromatic carbocycles. The van der Waals surface area contributed by atoms with Crippen LogP contribution in [-0.2, 0) is 0 Å². The number of anilines is 1. The number of nitro groups is 1. The van der Waals surface area contributed by atoms with Crippen LogP contribution in [0.25, 0.3) is 0 Å². The quantitative estimate of drug-likeness (QED) is 0.599. The monoisotopic (exact) mass is 252 g/mol. The van der Waals surface area contributed by atoms with Crippen LogP contribution in [0.4, 0.5) is 15.8 Å². The Labute approximate surface area is 106 Å². The van der Waals surface area contributed by atoms with Crippen molar-refractivity contribution in [3.8, 4) is 0 Å². The van der Waals surface area contributed by atoms with Crippen molar-refractivity contribution in [1.82, 2.24) is 0 Å². The van der Waals surface area contributed by atoms with Gasteiger partial charge in [0.1, 0.15) is 5.69 Å². The van der Waals surface area contributed by atoms with Crippen LogP contribution in [0, 0.1) is 27.8 Å². The van der Waals surface area contributed by atoms with Crippen LogP contribution in [-0.4, -0.2) is 18.0 Å². The maximum Gasteiger partial charge on any atom is 0.327 e.